The number of rotatable bonds is 5. The zero-order valence-corrected chi connectivity index (χ0v) is 13.2. The van der Waals surface area contributed by atoms with Crippen LogP contribution in [0.4, 0.5) is 5.69 Å². The number of nitrogens with one attached hydrogen (secondary N) is 1. The van der Waals surface area contributed by atoms with Gasteiger partial charge in [-0.05, 0) is 30.2 Å². The summed E-state index contributed by atoms with van der Waals surface area (Å²) in [5.41, 5.74) is 8.21. The second-order valence-electron chi connectivity index (χ2n) is 5.09. The molecule has 0 spiro atoms. The average Bonchev–Trinajstić information content (AvgIpc) is 2.61. The Bertz CT molecular complexity index is 671. The zero-order valence-electron chi connectivity index (χ0n) is 13.2. The standard InChI is InChI=1S/C18H21N3O2/c1-2-21(16-9-4-3-5-10-16)18(23)17(22)20-13-15-8-6-7-14(11-15)12-19/h3-11H,2,12-13,19H2,1H3,(H,20,22). The Morgan fingerprint density at radius 2 is 1.74 bits per heavy atom. The first-order valence-electron chi connectivity index (χ1n) is 7.58. The van der Waals surface area contributed by atoms with E-state index >= 15 is 0 Å². The van der Waals surface area contributed by atoms with Crippen LogP contribution in [0.3, 0.4) is 0 Å². The van der Waals surface area contributed by atoms with Crippen molar-refractivity contribution >= 4 is 17.5 Å². The van der Waals surface area contributed by atoms with Crippen LogP contribution in [-0.2, 0) is 22.7 Å². The average molecular weight is 311 g/mol. The molecule has 3 N–H and O–H groups in total. The van der Waals surface area contributed by atoms with Crippen molar-refractivity contribution in [3.63, 3.8) is 0 Å². The number of benzene rings is 2. The molecule has 5 heteroatoms. The van der Waals surface area contributed by atoms with Crippen LogP contribution in [0, 0.1) is 0 Å². The number of nitrogens with zero attached hydrogens (tertiary/aromatic N) is 1. The van der Waals surface area contributed by atoms with Gasteiger partial charge in [-0.1, -0.05) is 42.5 Å². The predicted molar refractivity (Wildman–Crippen MR) is 90.6 cm³/mol. The lowest BCUT2D eigenvalue weighted by Crippen LogP contribution is -2.42. The number of carbonyl (C=O) groups excluding carboxylic acids is 2. The second-order valence-corrected chi connectivity index (χ2v) is 5.09. The summed E-state index contributed by atoms with van der Waals surface area (Å²) < 4.78 is 0. The van der Waals surface area contributed by atoms with Gasteiger partial charge in [0, 0.05) is 25.3 Å². The minimum atomic E-state index is -0.617. The summed E-state index contributed by atoms with van der Waals surface area (Å²) in [5.74, 6) is -1.18. The molecule has 0 aliphatic carbocycles. The molecule has 0 aromatic heterocycles. The summed E-state index contributed by atoms with van der Waals surface area (Å²) in [4.78, 5) is 25.9. The number of likely N-dealkylation sites (N-methyl/N-ethyl adjacent to an activating group) is 1. The summed E-state index contributed by atoms with van der Waals surface area (Å²) in [5, 5.41) is 2.66. The van der Waals surface area contributed by atoms with E-state index in [-0.39, 0.29) is 0 Å². The fourth-order valence-electron chi connectivity index (χ4n) is 2.30. The third kappa shape index (κ3) is 4.40. The summed E-state index contributed by atoms with van der Waals surface area (Å²) in [7, 11) is 0. The van der Waals surface area contributed by atoms with Crippen LogP contribution < -0.4 is 16.0 Å². The topological polar surface area (TPSA) is 75.4 Å². The van der Waals surface area contributed by atoms with Crippen LogP contribution in [0.5, 0.6) is 0 Å². The van der Waals surface area contributed by atoms with E-state index in [0.717, 1.165) is 11.1 Å². The second kappa shape index (κ2) is 8.10. The number of carbonyl (C=O) groups is 2. The molecule has 0 saturated carbocycles. The molecule has 5 nitrogen and oxygen atoms in total. The third-order valence-corrected chi connectivity index (χ3v) is 3.50. The maximum absolute atomic E-state index is 12.3. The highest BCUT2D eigenvalue weighted by Gasteiger charge is 2.21. The van der Waals surface area contributed by atoms with E-state index in [2.05, 4.69) is 5.32 Å². The lowest BCUT2D eigenvalue weighted by Gasteiger charge is -2.20. The van der Waals surface area contributed by atoms with Crippen LogP contribution in [-0.4, -0.2) is 18.4 Å². The highest BCUT2D eigenvalue weighted by atomic mass is 16.2. The Morgan fingerprint density at radius 1 is 1.04 bits per heavy atom. The molecule has 0 aliphatic heterocycles. The molecular formula is C18H21N3O2. The van der Waals surface area contributed by atoms with Gasteiger partial charge in [0.2, 0.25) is 0 Å². The fourth-order valence-corrected chi connectivity index (χ4v) is 2.30. The minimum Gasteiger partial charge on any atom is -0.344 e. The van der Waals surface area contributed by atoms with Gasteiger partial charge < -0.3 is 16.0 Å². The van der Waals surface area contributed by atoms with Crippen LogP contribution in [0.2, 0.25) is 0 Å². The Morgan fingerprint density at radius 3 is 2.39 bits per heavy atom. The molecule has 0 saturated heterocycles. The molecule has 0 radical (unpaired) electrons. The van der Waals surface area contributed by atoms with E-state index in [9.17, 15) is 9.59 Å². The van der Waals surface area contributed by atoms with Crippen LogP contribution in [0.15, 0.2) is 54.6 Å². The summed E-state index contributed by atoms with van der Waals surface area (Å²) in [6.45, 7) is 3.00. The van der Waals surface area contributed by atoms with Gasteiger partial charge in [0.25, 0.3) is 0 Å². The molecule has 0 unspecified atom stereocenters. The Hall–Kier alpha value is -2.66. The van der Waals surface area contributed by atoms with Crippen molar-refractivity contribution in [2.24, 2.45) is 5.73 Å². The maximum Gasteiger partial charge on any atom is 0.316 e. The number of amides is 2. The predicted octanol–water partition coefficient (Wildman–Crippen LogP) is 1.81. The lowest BCUT2D eigenvalue weighted by atomic mass is 10.1. The van der Waals surface area contributed by atoms with Crippen molar-refractivity contribution in [2.75, 3.05) is 11.4 Å². The van der Waals surface area contributed by atoms with Crippen LogP contribution in [0.25, 0.3) is 0 Å². The first-order valence-corrected chi connectivity index (χ1v) is 7.58. The first kappa shape index (κ1) is 16.7. The number of anilines is 1. The monoisotopic (exact) mass is 311 g/mol. The summed E-state index contributed by atoms with van der Waals surface area (Å²) in [6, 6.07) is 16.8. The molecule has 2 aromatic carbocycles. The van der Waals surface area contributed by atoms with Crippen LogP contribution in [0.1, 0.15) is 18.1 Å². The van der Waals surface area contributed by atoms with E-state index in [1.165, 1.54) is 4.90 Å². The van der Waals surface area contributed by atoms with Gasteiger partial charge in [0.05, 0.1) is 0 Å². The van der Waals surface area contributed by atoms with Gasteiger partial charge in [0.1, 0.15) is 0 Å². The van der Waals surface area contributed by atoms with Gasteiger partial charge in [-0.3, -0.25) is 9.59 Å². The number of para-hydroxylation sites is 1. The van der Waals surface area contributed by atoms with Crippen molar-refractivity contribution < 1.29 is 9.59 Å². The fraction of sp³-hybridized carbons (Fsp3) is 0.222. The largest absolute Gasteiger partial charge is 0.344 e. The molecule has 2 amide bonds. The Balaban J connectivity index is 2.00. The van der Waals surface area contributed by atoms with Crippen molar-refractivity contribution in [2.45, 2.75) is 20.0 Å². The molecule has 2 aromatic rings. The van der Waals surface area contributed by atoms with Gasteiger partial charge in [-0.15, -0.1) is 0 Å². The van der Waals surface area contributed by atoms with E-state index in [1.807, 2.05) is 49.4 Å². The third-order valence-electron chi connectivity index (χ3n) is 3.50. The molecule has 23 heavy (non-hydrogen) atoms. The quantitative estimate of drug-likeness (QED) is 0.827. The molecule has 120 valence electrons. The maximum atomic E-state index is 12.3. The molecule has 0 atom stereocenters. The van der Waals surface area contributed by atoms with Gasteiger partial charge in [-0.2, -0.15) is 0 Å². The van der Waals surface area contributed by atoms with E-state index in [0.29, 0.717) is 25.3 Å². The molecule has 2 rings (SSSR count). The molecule has 0 bridgehead atoms. The van der Waals surface area contributed by atoms with E-state index in [1.54, 1.807) is 12.1 Å². The van der Waals surface area contributed by atoms with Gasteiger partial charge >= 0.3 is 11.8 Å². The highest BCUT2D eigenvalue weighted by Crippen LogP contribution is 2.13. The Labute approximate surface area is 136 Å². The van der Waals surface area contributed by atoms with Crippen molar-refractivity contribution in [1.29, 1.82) is 0 Å². The number of hydrogen-bond acceptors (Lipinski definition) is 3. The number of nitrogens with two attached hydrogens (primary N) is 1. The van der Waals surface area contributed by atoms with E-state index in [4.69, 9.17) is 5.73 Å². The molecular weight excluding hydrogens is 290 g/mol. The molecule has 0 heterocycles. The molecule has 0 fully saturated rings. The molecule has 0 aliphatic rings. The van der Waals surface area contributed by atoms with Crippen molar-refractivity contribution in [1.82, 2.24) is 5.32 Å². The summed E-state index contributed by atoms with van der Waals surface area (Å²) in [6.07, 6.45) is 0. The number of hydrogen-bond donors (Lipinski definition) is 2. The van der Waals surface area contributed by atoms with Crippen molar-refractivity contribution in [3.8, 4) is 0 Å². The van der Waals surface area contributed by atoms with Crippen LogP contribution >= 0.6 is 0 Å². The summed E-state index contributed by atoms with van der Waals surface area (Å²) >= 11 is 0. The SMILES string of the molecule is CCN(C(=O)C(=O)NCc1cccc(CN)c1)c1ccccc1. The van der Waals surface area contributed by atoms with Gasteiger partial charge in [-0.25, -0.2) is 0 Å². The van der Waals surface area contributed by atoms with Gasteiger partial charge in [0.15, 0.2) is 0 Å². The highest BCUT2D eigenvalue weighted by molar-refractivity contribution is 6.40. The smallest absolute Gasteiger partial charge is 0.316 e. The lowest BCUT2D eigenvalue weighted by molar-refractivity contribution is -0.137. The normalized spacial score (nSPS) is 10.2. The Kier molecular flexibility index (Phi) is 5.88. The van der Waals surface area contributed by atoms with Crippen molar-refractivity contribution in [3.05, 3.63) is 65.7 Å². The first-order chi connectivity index (χ1) is 11.2. The zero-order chi connectivity index (χ0) is 16.7. The minimum absolute atomic E-state index is 0.296. The van der Waals surface area contributed by atoms with E-state index < -0.39 is 11.8 Å².